The van der Waals surface area contributed by atoms with Crippen LogP contribution in [0.2, 0.25) is 0 Å². The molecule has 3 rings (SSSR count). The summed E-state index contributed by atoms with van der Waals surface area (Å²) in [7, 11) is 0. The molecule has 0 bridgehead atoms. The number of halogens is 3. The molecular formula is C23H25F3N4O. The molecule has 0 radical (unpaired) electrons. The van der Waals surface area contributed by atoms with Gasteiger partial charge in [0.05, 0.1) is 6.61 Å². The topological polar surface area (TPSA) is 59.1 Å². The molecule has 0 saturated carbocycles. The average Bonchev–Trinajstić information content (AvgIpc) is 2.74. The van der Waals surface area contributed by atoms with Crippen molar-refractivity contribution in [1.82, 2.24) is 9.97 Å². The number of rotatable bonds is 8. The maximum absolute atomic E-state index is 13.5. The first-order chi connectivity index (χ1) is 14.8. The Balaban J connectivity index is 1.84. The number of alkyl halides is 3. The molecule has 0 aliphatic rings. The molecule has 0 saturated heterocycles. The van der Waals surface area contributed by atoms with Crippen LogP contribution in [0.5, 0.6) is 5.75 Å². The molecule has 164 valence electrons. The zero-order valence-corrected chi connectivity index (χ0v) is 17.6. The van der Waals surface area contributed by atoms with Crippen molar-refractivity contribution in [2.24, 2.45) is 0 Å². The summed E-state index contributed by atoms with van der Waals surface area (Å²) in [6.07, 6.45) is -2.79. The molecule has 1 aromatic heterocycles. The van der Waals surface area contributed by atoms with Crippen LogP contribution in [-0.2, 0) is 6.18 Å². The van der Waals surface area contributed by atoms with Gasteiger partial charge in [-0.05, 0) is 61.2 Å². The molecule has 0 amide bonds. The van der Waals surface area contributed by atoms with Crippen molar-refractivity contribution < 1.29 is 17.9 Å². The van der Waals surface area contributed by atoms with Gasteiger partial charge in [0.2, 0.25) is 5.95 Å². The van der Waals surface area contributed by atoms with Gasteiger partial charge < -0.3 is 15.4 Å². The van der Waals surface area contributed by atoms with E-state index in [-0.39, 0.29) is 11.8 Å². The number of aromatic nitrogens is 2. The number of hydrogen-bond acceptors (Lipinski definition) is 5. The van der Waals surface area contributed by atoms with Crippen molar-refractivity contribution in [2.45, 2.75) is 39.3 Å². The van der Waals surface area contributed by atoms with Crippen LogP contribution in [0.1, 0.15) is 44.2 Å². The third-order valence-corrected chi connectivity index (χ3v) is 4.87. The SMILES string of the molecule is CCOc1ccc(Nc2nc(Nc3ccc(C(C)CC)cc3)ncc2C(F)(F)F)cc1. The lowest BCUT2D eigenvalue weighted by Gasteiger charge is -2.15. The summed E-state index contributed by atoms with van der Waals surface area (Å²) in [6.45, 7) is 6.62. The highest BCUT2D eigenvalue weighted by Crippen LogP contribution is 2.35. The van der Waals surface area contributed by atoms with Crippen molar-refractivity contribution in [3.8, 4) is 5.75 Å². The van der Waals surface area contributed by atoms with E-state index in [0.717, 1.165) is 12.6 Å². The molecule has 5 nitrogen and oxygen atoms in total. The van der Waals surface area contributed by atoms with Gasteiger partial charge in [-0.3, -0.25) is 0 Å². The van der Waals surface area contributed by atoms with Gasteiger partial charge >= 0.3 is 6.18 Å². The Labute approximate surface area is 179 Å². The Bertz CT molecular complexity index is 989. The second kappa shape index (κ2) is 9.68. The highest BCUT2D eigenvalue weighted by Gasteiger charge is 2.35. The second-order valence-electron chi connectivity index (χ2n) is 7.09. The maximum Gasteiger partial charge on any atom is 0.421 e. The van der Waals surface area contributed by atoms with E-state index in [1.165, 1.54) is 5.56 Å². The smallest absolute Gasteiger partial charge is 0.421 e. The van der Waals surface area contributed by atoms with Crippen LogP contribution >= 0.6 is 0 Å². The summed E-state index contributed by atoms with van der Waals surface area (Å²) < 4.78 is 45.8. The lowest BCUT2D eigenvalue weighted by Crippen LogP contribution is -2.12. The third kappa shape index (κ3) is 5.87. The first-order valence-corrected chi connectivity index (χ1v) is 10.1. The summed E-state index contributed by atoms with van der Waals surface area (Å²) in [5.41, 5.74) is 1.40. The molecule has 0 aliphatic heterocycles. The average molecular weight is 430 g/mol. The van der Waals surface area contributed by atoms with Crippen molar-refractivity contribution in [2.75, 3.05) is 17.2 Å². The van der Waals surface area contributed by atoms with E-state index in [1.807, 2.05) is 31.2 Å². The van der Waals surface area contributed by atoms with Gasteiger partial charge in [-0.2, -0.15) is 18.2 Å². The van der Waals surface area contributed by atoms with Gasteiger partial charge in [0, 0.05) is 17.6 Å². The van der Waals surface area contributed by atoms with E-state index in [1.54, 1.807) is 24.3 Å². The Morgan fingerprint density at radius 3 is 2.13 bits per heavy atom. The Kier molecular flexibility index (Phi) is 6.99. The van der Waals surface area contributed by atoms with Crippen LogP contribution in [-0.4, -0.2) is 16.6 Å². The number of nitrogens with one attached hydrogen (secondary N) is 2. The van der Waals surface area contributed by atoms with Crippen molar-refractivity contribution in [3.05, 3.63) is 65.9 Å². The van der Waals surface area contributed by atoms with Crippen LogP contribution < -0.4 is 15.4 Å². The molecule has 1 unspecified atom stereocenters. The zero-order valence-electron chi connectivity index (χ0n) is 17.6. The number of ether oxygens (including phenoxy) is 1. The number of benzene rings is 2. The summed E-state index contributed by atoms with van der Waals surface area (Å²) in [4.78, 5) is 7.93. The largest absolute Gasteiger partial charge is 0.494 e. The predicted molar refractivity (Wildman–Crippen MR) is 116 cm³/mol. The Morgan fingerprint density at radius 1 is 0.935 bits per heavy atom. The molecular weight excluding hydrogens is 405 g/mol. The van der Waals surface area contributed by atoms with Crippen LogP contribution in [0.15, 0.2) is 54.7 Å². The minimum atomic E-state index is -4.59. The van der Waals surface area contributed by atoms with E-state index in [9.17, 15) is 13.2 Å². The quantitative estimate of drug-likeness (QED) is 0.407. The minimum Gasteiger partial charge on any atom is -0.494 e. The molecule has 0 aliphatic carbocycles. The predicted octanol–water partition coefficient (Wildman–Crippen LogP) is 6.89. The lowest BCUT2D eigenvalue weighted by atomic mass is 9.99. The van der Waals surface area contributed by atoms with Crippen LogP contribution in [0.4, 0.5) is 36.3 Å². The van der Waals surface area contributed by atoms with Crippen LogP contribution in [0.3, 0.4) is 0 Å². The number of nitrogens with zero attached hydrogens (tertiary/aromatic N) is 2. The second-order valence-corrected chi connectivity index (χ2v) is 7.09. The first-order valence-electron chi connectivity index (χ1n) is 10.1. The monoisotopic (exact) mass is 430 g/mol. The van der Waals surface area contributed by atoms with Crippen molar-refractivity contribution in [1.29, 1.82) is 0 Å². The number of anilines is 4. The van der Waals surface area contributed by atoms with E-state index in [0.29, 0.717) is 29.6 Å². The molecule has 31 heavy (non-hydrogen) atoms. The van der Waals surface area contributed by atoms with Gasteiger partial charge in [0.25, 0.3) is 0 Å². The van der Waals surface area contributed by atoms with Gasteiger partial charge in [0.1, 0.15) is 17.1 Å². The summed E-state index contributed by atoms with van der Waals surface area (Å²) in [5, 5.41) is 5.71. The van der Waals surface area contributed by atoms with Crippen molar-refractivity contribution in [3.63, 3.8) is 0 Å². The van der Waals surface area contributed by atoms with Gasteiger partial charge in [0.15, 0.2) is 0 Å². The zero-order chi connectivity index (χ0) is 22.4. The summed E-state index contributed by atoms with van der Waals surface area (Å²) in [6, 6.07) is 14.3. The minimum absolute atomic E-state index is 0.0673. The van der Waals surface area contributed by atoms with Crippen LogP contribution in [0, 0.1) is 0 Å². The standard InChI is InChI=1S/C23H25F3N4O/c1-4-15(3)16-6-8-18(9-7-16)29-22-27-14-20(23(24,25)26)21(30-22)28-17-10-12-19(13-11-17)31-5-2/h6-15H,4-5H2,1-3H3,(H2,27,28,29,30). The summed E-state index contributed by atoms with van der Waals surface area (Å²) in [5.74, 6) is 0.805. The fourth-order valence-corrected chi connectivity index (χ4v) is 2.94. The highest BCUT2D eigenvalue weighted by atomic mass is 19.4. The first kappa shape index (κ1) is 22.4. The fourth-order valence-electron chi connectivity index (χ4n) is 2.94. The Morgan fingerprint density at radius 2 is 1.55 bits per heavy atom. The molecule has 1 heterocycles. The van der Waals surface area contributed by atoms with E-state index < -0.39 is 11.7 Å². The molecule has 0 spiro atoms. The third-order valence-electron chi connectivity index (χ3n) is 4.87. The highest BCUT2D eigenvalue weighted by molar-refractivity contribution is 5.63. The molecule has 2 aromatic carbocycles. The Hall–Kier alpha value is -3.29. The fraction of sp³-hybridized carbons (Fsp3) is 0.304. The maximum atomic E-state index is 13.5. The van der Waals surface area contributed by atoms with E-state index in [4.69, 9.17) is 4.74 Å². The molecule has 8 heteroatoms. The molecule has 1 atom stereocenters. The van der Waals surface area contributed by atoms with Gasteiger partial charge in [-0.25, -0.2) is 4.98 Å². The van der Waals surface area contributed by atoms with E-state index in [2.05, 4.69) is 34.4 Å². The van der Waals surface area contributed by atoms with Gasteiger partial charge in [-0.15, -0.1) is 0 Å². The summed E-state index contributed by atoms with van der Waals surface area (Å²) >= 11 is 0. The van der Waals surface area contributed by atoms with Crippen LogP contribution in [0.25, 0.3) is 0 Å². The molecule has 0 fully saturated rings. The van der Waals surface area contributed by atoms with Gasteiger partial charge in [-0.1, -0.05) is 26.0 Å². The molecule has 3 aromatic rings. The number of hydrogen-bond donors (Lipinski definition) is 2. The van der Waals surface area contributed by atoms with Crippen molar-refractivity contribution >= 4 is 23.1 Å². The van der Waals surface area contributed by atoms with E-state index >= 15 is 0 Å². The molecule has 2 N–H and O–H groups in total. The lowest BCUT2D eigenvalue weighted by molar-refractivity contribution is -0.137. The normalized spacial score (nSPS) is 12.3.